The van der Waals surface area contributed by atoms with Crippen LogP contribution in [-0.4, -0.2) is 64.5 Å². The Kier molecular flexibility index (Phi) is 7.72. The Balaban J connectivity index is 1.22. The number of cyclic esters (lactones) is 1. The molecular formula is C25H27F2N7O3S. The van der Waals surface area contributed by atoms with Crippen LogP contribution in [0.25, 0.3) is 0 Å². The quantitative estimate of drug-likeness (QED) is 0.430. The smallest absolute Gasteiger partial charge is 0.414 e. The first kappa shape index (κ1) is 25.9. The Labute approximate surface area is 222 Å². The SMILES string of the molecule is CC(=O)NCC1CN(c2cc(F)c(N3CCC(n4nnnc4SCc4ccccc4)CC3)c(F)c2)C(=O)O1. The van der Waals surface area contributed by atoms with E-state index in [1.165, 1.54) is 17.4 Å². The van der Waals surface area contributed by atoms with Crippen LogP contribution in [-0.2, 0) is 15.3 Å². The molecule has 0 radical (unpaired) electrons. The van der Waals surface area contributed by atoms with Gasteiger partial charge >= 0.3 is 6.09 Å². The van der Waals surface area contributed by atoms with E-state index >= 15 is 8.78 Å². The molecule has 2 amide bonds. The third-order valence-corrected chi connectivity index (χ3v) is 7.57. The van der Waals surface area contributed by atoms with Gasteiger partial charge in [-0.1, -0.05) is 42.1 Å². The molecule has 0 aliphatic carbocycles. The van der Waals surface area contributed by atoms with Gasteiger partial charge in [-0.15, -0.1) is 5.10 Å². The molecule has 2 fully saturated rings. The van der Waals surface area contributed by atoms with E-state index in [0.29, 0.717) is 31.1 Å². The van der Waals surface area contributed by atoms with Gasteiger partial charge in [0.1, 0.15) is 11.8 Å². The third kappa shape index (κ3) is 5.72. The number of aromatic nitrogens is 4. The molecule has 0 saturated carbocycles. The van der Waals surface area contributed by atoms with Crippen molar-refractivity contribution in [3.63, 3.8) is 0 Å². The van der Waals surface area contributed by atoms with E-state index in [0.717, 1.165) is 17.9 Å². The minimum absolute atomic E-state index is 0.0184. The standard InChI is InChI=1S/C25H27F2N7O3S/c1-16(35)28-13-20-14-33(25(36)37-20)19-11-21(26)23(22(27)12-19)32-9-7-18(8-10-32)34-24(29-30-31-34)38-15-17-5-3-2-4-6-17/h2-6,11-12,18,20H,7-10,13-15H2,1H3,(H,28,35). The number of anilines is 2. The molecule has 5 rings (SSSR count). The number of rotatable bonds is 8. The number of tetrazole rings is 1. The largest absolute Gasteiger partial charge is 0.442 e. The first-order valence-electron chi connectivity index (χ1n) is 12.3. The van der Waals surface area contributed by atoms with Crippen LogP contribution in [0.4, 0.5) is 25.0 Å². The molecule has 1 aromatic heterocycles. The molecule has 1 atom stereocenters. The maximum atomic E-state index is 15.2. The van der Waals surface area contributed by atoms with Gasteiger partial charge in [-0.3, -0.25) is 9.69 Å². The summed E-state index contributed by atoms with van der Waals surface area (Å²) in [4.78, 5) is 26.2. The van der Waals surface area contributed by atoms with Crippen molar-refractivity contribution in [2.45, 2.75) is 42.8 Å². The van der Waals surface area contributed by atoms with Crippen molar-refractivity contribution in [2.75, 3.05) is 36.0 Å². The number of hydrogen-bond donors (Lipinski definition) is 1. The second kappa shape index (κ2) is 11.3. The van der Waals surface area contributed by atoms with Gasteiger partial charge in [0.15, 0.2) is 11.6 Å². The minimum atomic E-state index is -0.752. The van der Waals surface area contributed by atoms with E-state index in [-0.39, 0.29) is 36.4 Å². The Morgan fingerprint density at radius 2 is 1.87 bits per heavy atom. The maximum Gasteiger partial charge on any atom is 0.414 e. The van der Waals surface area contributed by atoms with E-state index < -0.39 is 23.8 Å². The van der Waals surface area contributed by atoms with Crippen LogP contribution in [0.1, 0.15) is 31.4 Å². The summed E-state index contributed by atoms with van der Waals surface area (Å²) >= 11 is 1.55. The summed E-state index contributed by atoms with van der Waals surface area (Å²) in [5.74, 6) is -1.02. The summed E-state index contributed by atoms with van der Waals surface area (Å²) in [5, 5.41) is 15.5. The van der Waals surface area contributed by atoms with Crippen molar-refractivity contribution in [3.8, 4) is 0 Å². The lowest BCUT2D eigenvalue weighted by Gasteiger charge is -2.34. The highest BCUT2D eigenvalue weighted by atomic mass is 32.2. The maximum absolute atomic E-state index is 15.2. The van der Waals surface area contributed by atoms with Gasteiger partial charge in [0.2, 0.25) is 11.1 Å². The molecular weight excluding hydrogens is 516 g/mol. The van der Waals surface area contributed by atoms with Gasteiger partial charge in [-0.25, -0.2) is 18.3 Å². The highest BCUT2D eigenvalue weighted by molar-refractivity contribution is 7.98. The van der Waals surface area contributed by atoms with Crippen LogP contribution in [0.3, 0.4) is 0 Å². The zero-order valence-electron chi connectivity index (χ0n) is 20.7. The highest BCUT2D eigenvalue weighted by Crippen LogP contribution is 2.35. The molecule has 10 nitrogen and oxygen atoms in total. The number of nitrogens with one attached hydrogen (secondary N) is 1. The van der Waals surface area contributed by atoms with Crippen molar-refractivity contribution >= 4 is 35.1 Å². The molecule has 1 unspecified atom stereocenters. The van der Waals surface area contributed by atoms with Gasteiger partial charge in [-0.2, -0.15) is 0 Å². The first-order chi connectivity index (χ1) is 18.4. The summed E-state index contributed by atoms with van der Waals surface area (Å²) in [5.41, 5.74) is 1.12. The normalized spacial score (nSPS) is 18.1. The second-order valence-electron chi connectivity index (χ2n) is 9.21. The number of amides is 2. The lowest BCUT2D eigenvalue weighted by atomic mass is 10.0. The van der Waals surface area contributed by atoms with Gasteiger partial charge in [0, 0.05) is 37.9 Å². The number of piperidine rings is 1. The Bertz CT molecular complexity index is 1280. The Hall–Kier alpha value is -3.74. The van der Waals surface area contributed by atoms with E-state index in [4.69, 9.17) is 4.74 Å². The van der Waals surface area contributed by atoms with Crippen LogP contribution in [0, 0.1) is 11.6 Å². The average Bonchev–Trinajstić information content (AvgIpc) is 3.53. The highest BCUT2D eigenvalue weighted by Gasteiger charge is 2.34. The van der Waals surface area contributed by atoms with E-state index in [1.54, 1.807) is 21.3 Å². The molecule has 1 N–H and O–H groups in total. The molecule has 0 spiro atoms. The fourth-order valence-corrected chi connectivity index (χ4v) is 5.57. The lowest BCUT2D eigenvalue weighted by Crippen LogP contribution is -2.36. The third-order valence-electron chi connectivity index (χ3n) is 6.57. The van der Waals surface area contributed by atoms with Crippen molar-refractivity contribution in [2.24, 2.45) is 0 Å². The van der Waals surface area contributed by atoms with Crippen molar-refractivity contribution in [1.29, 1.82) is 0 Å². The zero-order chi connectivity index (χ0) is 26.6. The monoisotopic (exact) mass is 543 g/mol. The Morgan fingerprint density at radius 3 is 2.55 bits per heavy atom. The number of carbonyl (C=O) groups is 2. The Morgan fingerprint density at radius 1 is 1.16 bits per heavy atom. The van der Waals surface area contributed by atoms with E-state index in [1.807, 2.05) is 30.3 Å². The number of nitrogens with zero attached hydrogens (tertiary/aromatic N) is 6. The summed E-state index contributed by atoms with van der Waals surface area (Å²) in [6.07, 6.45) is -0.0739. The molecule has 2 saturated heterocycles. The van der Waals surface area contributed by atoms with Crippen molar-refractivity contribution in [1.82, 2.24) is 25.5 Å². The van der Waals surface area contributed by atoms with E-state index in [2.05, 4.69) is 20.8 Å². The molecule has 2 aromatic carbocycles. The molecule has 2 aliphatic rings. The summed E-state index contributed by atoms with van der Waals surface area (Å²) in [7, 11) is 0. The molecule has 3 heterocycles. The van der Waals surface area contributed by atoms with Gasteiger partial charge in [-0.05, 0) is 28.8 Å². The lowest BCUT2D eigenvalue weighted by molar-refractivity contribution is -0.119. The van der Waals surface area contributed by atoms with Crippen molar-refractivity contribution < 1.29 is 23.1 Å². The van der Waals surface area contributed by atoms with Crippen LogP contribution in [0.5, 0.6) is 0 Å². The van der Waals surface area contributed by atoms with Crippen LogP contribution < -0.4 is 15.1 Å². The average molecular weight is 544 g/mol. The fourth-order valence-electron chi connectivity index (χ4n) is 4.67. The van der Waals surface area contributed by atoms with Crippen LogP contribution in [0.2, 0.25) is 0 Å². The number of carbonyl (C=O) groups excluding carboxylic acids is 2. The zero-order valence-corrected chi connectivity index (χ0v) is 21.5. The summed E-state index contributed by atoms with van der Waals surface area (Å²) in [6.45, 7) is 2.41. The second-order valence-corrected chi connectivity index (χ2v) is 10.2. The predicted octanol–water partition coefficient (Wildman–Crippen LogP) is 3.55. The molecule has 13 heteroatoms. The fraction of sp³-hybridized carbons (Fsp3) is 0.400. The number of hydrogen-bond acceptors (Lipinski definition) is 8. The van der Waals surface area contributed by atoms with Gasteiger partial charge in [0.05, 0.1) is 24.8 Å². The number of benzene rings is 2. The number of thioether (sulfide) groups is 1. The molecule has 200 valence electrons. The molecule has 38 heavy (non-hydrogen) atoms. The predicted molar refractivity (Wildman–Crippen MR) is 137 cm³/mol. The van der Waals surface area contributed by atoms with Gasteiger partial charge < -0.3 is 15.0 Å². The summed E-state index contributed by atoms with van der Waals surface area (Å²) < 4.78 is 37.3. The number of ether oxygens (including phenoxy) is 1. The van der Waals surface area contributed by atoms with Crippen molar-refractivity contribution in [3.05, 3.63) is 59.7 Å². The topological polar surface area (TPSA) is 105 Å². The van der Waals surface area contributed by atoms with E-state index in [9.17, 15) is 9.59 Å². The van der Waals surface area contributed by atoms with Gasteiger partial charge in [0.25, 0.3) is 0 Å². The van der Waals surface area contributed by atoms with Crippen LogP contribution in [0.15, 0.2) is 47.6 Å². The molecule has 0 bridgehead atoms. The summed E-state index contributed by atoms with van der Waals surface area (Å²) in [6, 6.07) is 12.3. The molecule has 3 aromatic rings. The molecule has 2 aliphatic heterocycles. The first-order valence-corrected chi connectivity index (χ1v) is 13.3. The van der Waals surface area contributed by atoms with Crippen LogP contribution >= 0.6 is 11.8 Å². The number of halogens is 2. The minimum Gasteiger partial charge on any atom is -0.442 e.